The monoisotopic (exact) mass is 274 g/mol. The summed E-state index contributed by atoms with van der Waals surface area (Å²) < 4.78 is 0. The molecule has 0 amide bonds. The molecule has 2 nitrogen and oxygen atoms in total. The molecule has 0 radical (unpaired) electrons. The Morgan fingerprint density at radius 1 is 0.895 bits per heavy atom. The van der Waals surface area contributed by atoms with Crippen LogP contribution in [0.4, 0.5) is 0 Å². The molecule has 0 saturated heterocycles. The highest BCUT2D eigenvalue weighted by atomic mass is 35.5. The van der Waals surface area contributed by atoms with E-state index < -0.39 is 0 Å². The number of aliphatic imine (C=N–C) groups is 1. The van der Waals surface area contributed by atoms with Crippen molar-refractivity contribution in [3.05, 3.63) is 71.8 Å². The third kappa shape index (κ3) is 5.58. The summed E-state index contributed by atoms with van der Waals surface area (Å²) in [6.07, 6.45) is 0. The summed E-state index contributed by atoms with van der Waals surface area (Å²) in [5, 5.41) is 3.32. The van der Waals surface area contributed by atoms with Gasteiger partial charge in [0, 0.05) is 6.54 Å². The predicted octanol–water partition coefficient (Wildman–Crippen LogP) is 3.82. The van der Waals surface area contributed by atoms with Crippen LogP contribution in [-0.2, 0) is 13.1 Å². The van der Waals surface area contributed by atoms with E-state index in [1.54, 1.807) is 0 Å². The number of hydrogen-bond donors (Lipinski definition) is 1. The summed E-state index contributed by atoms with van der Waals surface area (Å²) in [6.45, 7) is 3.56. The minimum absolute atomic E-state index is 0. The van der Waals surface area contributed by atoms with Gasteiger partial charge in [0.25, 0.3) is 0 Å². The minimum atomic E-state index is 0. The van der Waals surface area contributed by atoms with Crippen LogP contribution in [0.3, 0.4) is 0 Å². The molecule has 0 aliphatic heterocycles. The topological polar surface area (TPSA) is 24.4 Å². The van der Waals surface area contributed by atoms with Gasteiger partial charge in [0.15, 0.2) is 0 Å². The Balaban J connectivity index is 0.00000180. The van der Waals surface area contributed by atoms with E-state index in [1.807, 2.05) is 43.3 Å². The van der Waals surface area contributed by atoms with Crippen molar-refractivity contribution in [2.45, 2.75) is 20.0 Å². The van der Waals surface area contributed by atoms with Gasteiger partial charge < -0.3 is 5.32 Å². The highest BCUT2D eigenvalue weighted by Crippen LogP contribution is 2.01. The third-order valence-corrected chi connectivity index (χ3v) is 2.73. The molecule has 0 unspecified atom stereocenters. The zero-order valence-corrected chi connectivity index (χ0v) is 11.9. The molecule has 0 aromatic heterocycles. The second-order valence-corrected chi connectivity index (χ2v) is 4.23. The Morgan fingerprint density at radius 3 is 2.00 bits per heavy atom. The summed E-state index contributed by atoms with van der Waals surface area (Å²) >= 11 is 0. The Bertz CT molecular complexity index is 495. The highest BCUT2D eigenvalue weighted by molar-refractivity contribution is 5.85. The number of nitrogens with zero attached hydrogens (tertiary/aromatic N) is 1. The summed E-state index contributed by atoms with van der Waals surface area (Å²) in [5.41, 5.74) is 2.50. The average Bonchev–Trinajstić information content (AvgIpc) is 2.45. The first-order chi connectivity index (χ1) is 8.84. The summed E-state index contributed by atoms with van der Waals surface area (Å²) in [4.78, 5) is 4.52. The van der Waals surface area contributed by atoms with E-state index >= 15 is 0 Å². The van der Waals surface area contributed by atoms with Crippen molar-refractivity contribution in [3.8, 4) is 0 Å². The van der Waals surface area contributed by atoms with Crippen LogP contribution in [0.1, 0.15) is 18.1 Å². The molecular weight excluding hydrogens is 256 g/mol. The van der Waals surface area contributed by atoms with Gasteiger partial charge in [-0.2, -0.15) is 0 Å². The van der Waals surface area contributed by atoms with Crippen molar-refractivity contribution < 1.29 is 0 Å². The molecule has 2 aromatic carbocycles. The lowest BCUT2D eigenvalue weighted by molar-refractivity contribution is 0.890. The number of rotatable bonds is 4. The number of amidine groups is 1. The number of hydrogen-bond acceptors (Lipinski definition) is 1. The minimum Gasteiger partial charge on any atom is -0.370 e. The quantitative estimate of drug-likeness (QED) is 0.665. The fraction of sp³-hybridized carbons (Fsp3) is 0.188. The van der Waals surface area contributed by atoms with E-state index in [1.165, 1.54) is 11.1 Å². The molecule has 2 aromatic rings. The lowest BCUT2D eigenvalue weighted by Crippen LogP contribution is -2.19. The fourth-order valence-corrected chi connectivity index (χ4v) is 1.68. The first kappa shape index (κ1) is 15.3. The Kier molecular flexibility index (Phi) is 6.69. The molecule has 0 aliphatic rings. The number of nitrogens with one attached hydrogen (secondary N) is 1. The molecule has 1 N–H and O–H groups in total. The fourth-order valence-electron chi connectivity index (χ4n) is 1.68. The van der Waals surface area contributed by atoms with E-state index in [2.05, 4.69) is 34.6 Å². The normalized spacial score (nSPS) is 10.7. The molecule has 100 valence electrons. The van der Waals surface area contributed by atoms with Crippen LogP contribution in [0.25, 0.3) is 0 Å². The van der Waals surface area contributed by atoms with Gasteiger partial charge in [0.1, 0.15) is 0 Å². The molecule has 0 heterocycles. The lowest BCUT2D eigenvalue weighted by Gasteiger charge is -2.06. The molecule has 0 fully saturated rings. The highest BCUT2D eigenvalue weighted by Gasteiger charge is 1.93. The van der Waals surface area contributed by atoms with Gasteiger partial charge in [-0.25, -0.2) is 0 Å². The zero-order valence-electron chi connectivity index (χ0n) is 11.0. The Labute approximate surface area is 121 Å². The molecule has 0 aliphatic carbocycles. The molecule has 0 spiro atoms. The Hall–Kier alpha value is -1.80. The molecule has 0 atom stereocenters. The van der Waals surface area contributed by atoms with E-state index in [4.69, 9.17) is 0 Å². The molecule has 0 saturated carbocycles. The van der Waals surface area contributed by atoms with Gasteiger partial charge in [-0.3, -0.25) is 4.99 Å². The largest absolute Gasteiger partial charge is 0.370 e. The van der Waals surface area contributed by atoms with Crippen LogP contribution in [0.2, 0.25) is 0 Å². The van der Waals surface area contributed by atoms with Crippen LogP contribution < -0.4 is 5.32 Å². The van der Waals surface area contributed by atoms with Crippen molar-refractivity contribution in [1.82, 2.24) is 5.32 Å². The van der Waals surface area contributed by atoms with Crippen LogP contribution in [0.15, 0.2) is 65.7 Å². The Morgan fingerprint density at radius 2 is 1.42 bits per heavy atom. The molecule has 3 heteroatoms. The SMILES string of the molecule is CC(=NCc1ccccc1)NCc1ccccc1.Cl. The van der Waals surface area contributed by atoms with Crippen LogP contribution >= 0.6 is 12.4 Å². The van der Waals surface area contributed by atoms with Crippen molar-refractivity contribution in [2.24, 2.45) is 4.99 Å². The maximum atomic E-state index is 4.52. The molecule has 0 bridgehead atoms. The third-order valence-electron chi connectivity index (χ3n) is 2.73. The van der Waals surface area contributed by atoms with Crippen LogP contribution in [0.5, 0.6) is 0 Å². The van der Waals surface area contributed by atoms with E-state index in [0.29, 0.717) is 0 Å². The van der Waals surface area contributed by atoms with Crippen molar-refractivity contribution >= 4 is 18.2 Å². The second-order valence-electron chi connectivity index (χ2n) is 4.23. The maximum absolute atomic E-state index is 4.52. The van der Waals surface area contributed by atoms with E-state index in [-0.39, 0.29) is 12.4 Å². The van der Waals surface area contributed by atoms with Crippen molar-refractivity contribution in [3.63, 3.8) is 0 Å². The number of halogens is 1. The smallest absolute Gasteiger partial charge is 0.0938 e. The summed E-state index contributed by atoms with van der Waals surface area (Å²) in [7, 11) is 0. The maximum Gasteiger partial charge on any atom is 0.0938 e. The standard InChI is InChI=1S/C16H18N2.ClH/c1-14(17-12-15-8-4-2-5-9-15)18-13-16-10-6-3-7-11-16;/h2-11H,12-13H2,1H3,(H,17,18);1H. The molecule has 2 rings (SSSR count). The summed E-state index contributed by atoms with van der Waals surface area (Å²) in [6, 6.07) is 20.6. The lowest BCUT2D eigenvalue weighted by atomic mass is 10.2. The van der Waals surface area contributed by atoms with Crippen LogP contribution in [0, 0.1) is 0 Å². The van der Waals surface area contributed by atoms with Gasteiger partial charge >= 0.3 is 0 Å². The van der Waals surface area contributed by atoms with Gasteiger partial charge in [0.05, 0.1) is 12.4 Å². The van der Waals surface area contributed by atoms with E-state index in [9.17, 15) is 0 Å². The van der Waals surface area contributed by atoms with Crippen molar-refractivity contribution in [1.29, 1.82) is 0 Å². The molecular formula is C16H19ClN2. The number of benzene rings is 2. The van der Waals surface area contributed by atoms with Crippen molar-refractivity contribution in [2.75, 3.05) is 0 Å². The average molecular weight is 275 g/mol. The first-order valence-electron chi connectivity index (χ1n) is 6.17. The van der Waals surface area contributed by atoms with Gasteiger partial charge in [-0.05, 0) is 18.1 Å². The van der Waals surface area contributed by atoms with Gasteiger partial charge in [-0.1, -0.05) is 60.7 Å². The van der Waals surface area contributed by atoms with E-state index in [0.717, 1.165) is 18.9 Å². The predicted molar refractivity (Wildman–Crippen MR) is 83.8 cm³/mol. The van der Waals surface area contributed by atoms with Gasteiger partial charge in [0.2, 0.25) is 0 Å². The van der Waals surface area contributed by atoms with Crippen LogP contribution in [-0.4, -0.2) is 5.84 Å². The van der Waals surface area contributed by atoms with Gasteiger partial charge in [-0.15, -0.1) is 12.4 Å². The first-order valence-corrected chi connectivity index (χ1v) is 6.17. The zero-order chi connectivity index (χ0) is 12.6. The molecule has 19 heavy (non-hydrogen) atoms. The summed E-state index contributed by atoms with van der Waals surface area (Å²) in [5.74, 6) is 0.975. The second kappa shape index (κ2) is 8.33.